The van der Waals surface area contributed by atoms with E-state index >= 15 is 0 Å². The number of carbonyl (C=O) groups excluding carboxylic acids is 2. The minimum Gasteiger partial charge on any atom is -0.451 e. The Balaban J connectivity index is 2.25. The second-order valence-corrected chi connectivity index (χ2v) is 4.56. The van der Waals surface area contributed by atoms with E-state index in [1.54, 1.807) is 4.90 Å². The van der Waals surface area contributed by atoms with Crippen molar-refractivity contribution in [3.8, 4) is 5.75 Å². The van der Waals surface area contributed by atoms with Gasteiger partial charge in [-0.15, -0.1) is 0 Å². The summed E-state index contributed by atoms with van der Waals surface area (Å²) in [6, 6.07) is 0. The highest BCUT2D eigenvalue weighted by atomic mass is 16.8. The quantitative estimate of drug-likeness (QED) is 0.566. The molecule has 1 aliphatic heterocycles. The van der Waals surface area contributed by atoms with Crippen LogP contribution in [0.25, 0.3) is 0 Å². The van der Waals surface area contributed by atoms with Crippen molar-refractivity contribution in [1.29, 1.82) is 0 Å². The molecule has 0 fully saturated rings. The zero-order chi connectivity index (χ0) is 16.1. The first-order valence-corrected chi connectivity index (χ1v) is 6.81. The van der Waals surface area contributed by atoms with Gasteiger partial charge in [-0.05, 0) is 6.42 Å². The minimum atomic E-state index is -0.943. The molecule has 0 N–H and O–H groups in total. The number of rotatable bonds is 5. The summed E-state index contributed by atoms with van der Waals surface area (Å²) in [5.41, 5.74) is -0.480. The van der Waals surface area contributed by atoms with Crippen molar-refractivity contribution in [2.24, 2.45) is 0 Å². The monoisotopic (exact) mass is 311 g/mol. The molecule has 0 unspecified atom stereocenters. The Hall–Kier alpha value is -2.58. The van der Waals surface area contributed by atoms with E-state index in [2.05, 4.69) is 14.6 Å². The van der Waals surface area contributed by atoms with E-state index < -0.39 is 18.4 Å². The molecule has 0 saturated heterocycles. The summed E-state index contributed by atoms with van der Waals surface area (Å²) in [5.74, 6) is -0.504. The van der Waals surface area contributed by atoms with E-state index in [0.717, 1.165) is 19.7 Å². The van der Waals surface area contributed by atoms with Crippen LogP contribution in [-0.4, -0.2) is 53.7 Å². The van der Waals surface area contributed by atoms with Gasteiger partial charge in [0, 0.05) is 13.1 Å². The normalized spacial score (nSPS) is 13.5. The van der Waals surface area contributed by atoms with Crippen molar-refractivity contribution in [1.82, 2.24) is 14.7 Å². The van der Waals surface area contributed by atoms with Gasteiger partial charge in [0.1, 0.15) is 0 Å². The Kier molecular flexibility index (Phi) is 4.97. The SMILES string of the molecule is CCCN1CCn2ncc(=O)c(OCOC(=O)OC)c2C1=O. The zero-order valence-electron chi connectivity index (χ0n) is 12.4. The Morgan fingerprint density at radius 3 is 2.82 bits per heavy atom. The van der Waals surface area contributed by atoms with Crippen molar-refractivity contribution in [3.63, 3.8) is 0 Å². The van der Waals surface area contributed by atoms with Gasteiger partial charge in [0.05, 0.1) is 19.9 Å². The molecule has 0 atom stereocenters. The van der Waals surface area contributed by atoms with Gasteiger partial charge >= 0.3 is 6.16 Å². The standard InChI is InChI=1S/C13H17N3O6/c1-3-4-15-5-6-16-10(12(15)18)11(9(17)7-14-16)21-8-22-13(19)20-2/h7H,3-6,8H2,1-2H3. The van der Waals surface area contributed by atoms with Gasteiger partial charge in [-0.3, -0.25) is 14.3 Å². The number of aromatic nitrogens is 2. The van der Waals surface area contributed by atoms with Crippen molar-refractivity contribution in [2.75, 3.05) is 27.0 Å². The number of carbonyl (C=O) groups is 2. The molecule has 0 aliphatic carbocycles. The summed E-state index contributed by atoms with van der Waals surface area (Å²) >= 11 is 0. The van der Waals surface area contributed by atoms with Gasteiger partial charge in [0.15, 0.2) is 5.69 Å². The highest BCUT2D eigenvalue weighted by Gasteiger charge is 2.29. The predicted octanol–water partition coefficient (Wildman–Crippen LogP) is 0.228. The third-order valence-electron chi connectivity index (χ3n) is 3.12. The molecule has 120 valence electrons. The molecule has 1 aromatic heterocycles. The van der Waals surface area contributed by atoms with Crippen molar-refractivity contribution < 1.29 is 23.8 Å². The number of hydrogen-bond acceptors (Lipinski definition) is 7. The zero-order valence-corrected chi connectivity index (χ0v) is 12.4. The molecule has 22 heavy (non-hydrogen) atoms. The summed E-state index contributed by atoms with van der Waals surface area (Å²) in [7, 11) is 1.15. The summed E-state index contributed by atoms with van der Waals surface area (Å²) < 4.78 is 15.4. The van der Waals surface area contributed by atoms with Crippen LogP contribution in [0.4, 0.5) is 4.79 Å². The van der Waals surface area contributed by atoms with E-state index in [9.17, 15) is 14.4 Å². The third-order valence-corrected chi connectivity index (χ3v) is 3.12. The molecule has 0 saturated carbocycles. The smallest absolute Gasteiger partial charge is 0.451 e. The lowest BCUT2D eigenvalue weighted by Crippen LogP contribution is -2.43. The lowest BCUT2D eigenvalue weighted by Gasteiger charge is -2.29. The second kappa shape index (κ2) is 6.92. The first-order chi connectivity index (χ1) is 10.6. The lowest BCUT2D eigenvalue weighted by atomic mass is 10.2. The molecular formula is C13H17N3O6. The van der Waals surface area contributed by atoms with Crippen LogP contribution in [0.5, 0.6) is 5.75 Å². The fourth-order valence-corrected chi connectivity index (χ4v) is 2.13. The predicted molar refractivity (Wildman–Crippen MR) is 73.7 cm³/mol. The van der Waals surface area contributed by atoms with E-state index in [0.29, 0.717) is 19.6 Å². The summed E-state index contributed by atoms with van der Waals surface area (Å²) in [6.45, 7) is 3.00. The minimum absolute atomic E-state index is 0.0701. The number of ether oxygens (including phenoxy) is 3. The van der Waals surface area contributed by atoms with Crippen LogP contribution in [0.15, 0.2) is 11.0 Å². The molecule has 2 heterocycles. The van der Waals surface area contributed by atoms with Gasteiger partial charge in [-0.2, -0.15) is 5.10 Å². The van der Waals surface area contributed by atoms with E-state index in [-0.39, 0.29) is 17.4 Å². The Labute approximate surface area is 126 Å². The van der Waals surface area contributed by atoms with E-state index in [1.807, 2.05) is 6.92 Å². The number of fused-ring (bicyclic) bond motifs is 1. The largest absolute Gasteiger partial charge is 0.510 e. The average Bonchev–Trinajstić information content (AvgIpc) is 2.52. The molecule has 1 aliphatic rings. The van der Waals surface area contributed by atoms with Gasteiger partial charge < -0.3 is 19.1 Å². The Morgan fingerprint density at radius 1 is 1.36 bits per heavy atom. The van der Waals surface area contributed by atoms with Gasteiger partial charge in [-0.1, -0.05) is 6.92 Å². The molecule has 9 heteroatoms. The van der Waals surface area contributed by atoms with Crippen molar-refractivity contribution in [3.05, 3.63) is 22.1 Å². The Bertz CT molecular complexity index is 627. The molecule has 9 nitrogen and oxygen atoms in total. The molecule has 2 rings (SSSR count). The summed E-state index contributed by atoms with van der Waals surface area (Å²) in [5, 5.41) is 3.93. The molecule has 0 bridgehead atoms. The van der Waals surface area contributed by atoms with Crippen LogP contribution in [0.1, 0.15) is 23.8 Å². The fraction of sp³-hybridized carbons (Fsp3) is 0.538. The Morgan fingerprint density at radius 2 is 2.14 bits per heavy atom. The second-order valence-electron chi connectivity index (χ2n) is 4.56. The maximum Gasteiger partial charge on any atom is 0.510 e. The van der Waals surface area contributed by atoms with Gasteiger partial charge in [0.2, 0.25) is 18.0 Å². The lowest BCUT2D eigenvalue weighted by molar-refractivity contribution is 0.0133. The molecular weight excluding hydrogens is 294 g/mol. The van der Waals surface area contributed by atoms with Gasteiger partial charge in [-0.25, -0.2) is 4.79 Å². The van der Waals surface area contributed by atoms with Crippen LogP contribution in [0.2, 0.25) is 0 Å². The number of methoxy groups -OCH3 is 1. The fourth-order valence-electron chi connectivity index (χ4n) is 2.13. The molecule has 1 aromatic rings. The van der Waals surface area contributed by atoms with Crippen LogP contribution in [0, 0.1) is 0 Å². The first kappa shape index (κ1) is 15.8. The van der Waals surface area contributed by atoms with Crippen LogP contribution >= 0.6 is 0 Å². The average molecular weight is 311 g/mol. The maximum absolute atomic E-state index is 12.4. The maximum atomic E-state index is 12.4. The number of hydrogen-bond donors (Lipinski definition) is 0. The molecule has 0 aromatic carbocycles. The molecule has 0 radical (unpaired) electrons. The number of amides is 1. The van der Waals surface area contributed by atoms with E-state index in [1.165, 1.54) is 4.68 Å². The van der Waals surface area contributed by atoms with E-state index in [4.69, 9.17) is 4.74 Å². The van der Waals surface area contributed by atoms with Crippen LogP contribution in [0.3, 0.4) is 0 Å². The third kappa shape index (κ3) is 3.18. The van der Waals surface area contributed by atoms with Crippen molar-refractivity contribution >= 4 is 12.1 Å². The summed E-state index contributed by atoms with van der Waals surface area (Å²) in [4.78, 5) is 36.9. The van der Waals surface area contributed by atoms with Crippen LogP contribution < -0.4 is 10.2 Å². The van der Waals surface area contributed by atoms with Crippen LogP contribution in [-0.2, 0) is 16.0 Å². The molecule has 1 amide bonds. The highest BCUT2D eigenvalue weighted by molar-refractivity contribution is 5.95. The molecule has 0 spiro atoms. The van der Waals surface area contributed by atoms with Gasteiger partial charge in [0.25, 0.3) is 5.91 Å². The topological polar surface area (TPSA) is 100.0 Å². The highest BCUT2D eigenvalue weighted by Crippen LogP contribution is 2.19. The van der Waals surface area contributed by atoms with Crippen molar-refractivity contribution in [2.45, 2.75) is 19.9 Å². The number of nitrogens with zero attached hydrogens (tertiary/aromatic N) is 3. The summed E-state index contributed by atoms with van der Waals surface area (Å²) in [6.07, 6.45) is 0.930. The first-order valence-electron chi connectivity index (χ1n) is 6.81.